The van der Waals surface area contributed by atoms with E-state index in [0.717, 1.165) is 4.90 Å². The van der Waals surface area contributed by atoms with E-state index in [0.29, 0.717) is 30.4 Å². The Labute approximate surface area is 168 Å². The number of carbonyl (C=O) groups is 1. The van der Waals surface area contributed by atoms with Crippen molar-refractivity contribution in [1.29, 1.82) is 0 Å². The van der Waals surface area contributed by atoms with Crippen molar-refractivity contribution in [3.8, 4) is 17.2 Å². The normalized spacial score (nSPS) is 17.1. The molecule has 0 aromatic heterocycles. The van der Waals surface area contributed by atoms with Crippen LogP contribution in [-0.4, -0.2) is 50.3 Å². The van der Waals surface area contributed by atoms with Gasteiger partial charge in [-0.3, -0.25) is 14.9 Å². The van der Waals surface area contributed by atoms with Gasteiger partial charge in [0.2, 0.25) is 0 Å². The molecule has 0 bridgehead atoms. The van der Waals surface area contributed by atoms with Gasteiger partial charge in [0.05, 0.1) is 24.8 Å². The molecule has 1 aliphatic heterocycles. The smallest absolute Gasteiger partial charge is 0.282 e. The lowest BCUT2D eigenvalue weighted by Crippen LogP contribution is -3.15. The van der Waals surface area contributed by atoms with Gasteiger partial charge in [-0.25, -0.2) is 0 Å². The molecule has 0 saturated carbocycles. The molecule has 0 fully saturated rings. The number of likely N-dealkylation sites (N-methyl/N-ethyl adjacent to an activating group) is 1. The molecule has 0 aliphatic carbocycles. The molecule has 154 valence electrons. The van der Waals surface area contributed by atoms with Gasteiger partial charge in [-0.2, -0.15) is 0 Å². The summed E-state index contributed by atoms with van der Waals surface area (Å²) in [6.45, 7) is 2.74. The largest absolute Gasteiger partial charge is 0.495 e. The Morgan fingerprint density at radius 1 is 1.34 bits per heavy atom. The van der Waals surface area contributed by atoms with E-state index in [4.69, 9.17) is 14.2 Å². The number of fused-ring (bicyclic) bond motifs is 1. The van der Waals surface area contributed by atoms with Crippen LogP contribution in [0.3, 0.4) is 0 Å². The highest BCUT2D eigenvalue weighted by atomic mass is 16.6. The van der Waals surface area contributed by atoms with Crippen LogP contribution < -0.4 is 24.4 Å². The molecule has 9 nitrogen and oxygen atoms in total. The molecule has 2 aromatic rings. The molecule has 3 rings (SSSR count). The molecular formula is C20H24N3O6+. The van der Waals surface area contributed by atoms with Crippen molar-refractivity contribution < 1.29 is 28.8 Å². The lowest BCUT2D eigenvalue weighted by molar-refractivity contribution is -0.896. The van der Waals surface area contributed by atoms with Crippen LogP contribution in [0.15, 0.2) is 42.5 Å². The van der Waals surface area contributed by atoms with Crippen LogP contribution in [0.5, 0.6) is 17.2 Å². The molecule has 3 atom stereocenters. The third-order valence-electron chi connectivity index (χ3n) is 4.90. The summed E-state index contributed by atoms with van der Waals surface area (Å²) < 4.78 is 16.9. The number of quaternary nitrogens is 1. The third kappa shape index (κ3) is 4.75. The molecule has 1 amide bonds. The topological polar surface area (TPSA) is 104 Å². The Hall–Kier alpha value is -3.33. The molecular weight excluding hydrogens is 378 g/mol. The van der Waals surface area contributed by atoms with E-state index in [1.54, 1.807) is 6.92 Å². The van der Waals surface area contributed by atoms with Gasteiger partial charge in [0.15, 0.2) is 23.6 Å². The molecule has 1 aliphatic rings. The van der Waals surface area contributed by atoms with Gasteiger partial charge < -0.3 is 24.4 Å². The van der Waals surface area contributed by atoms with Crippen molar-refractivity contribution in [2.24, 2.45) is 0 Å². The zero-order chi connectivity index (χ0) is 21.0. The minimum absolute atomic E-state index is 0.124. The van der Waals surface area contributed by atoms with Crippen molar-refractivity contribution in [3.05, 3.63) is 52.6 Å². The van der Waals surface area contributed by atoms with Crippen molar-refractivity contribution in [2.45, 2.75) is 19.1 Å². The fourth-order valence-electron chi connectivity index (χ4n) is 3.07. The number of para-hydroxylation sites is 2. The van der Waals surface area contributed by atoms with Gasteiger partial charge in [-0.15, -0.1) is 0 Å². The number of nitro groups is 1. The van der Waals surface area contributed by atoms with Crippen molar-refractivity contribution in [1.82, 2.24) is 0 Å². The number of nitro benzene ring substituents is 1. The first-order valence-corrected chi connectivity index (χ1v) is 9.23. The SMILES string of the molecule is COc1ccc([N+](=O)[O-])cc1NC(=O)[C@H](C)[NH+](C)C[C@@H]1COc2ccccc2O1. The third-order valence-corrected chi connectivity index (χ3v) is 4.90. The van der Waals surface area contributed by atoms with Crippen LogP contribution in [0.25, 0.3) is 0 Å². The van der Waals surface area contributed by atoms with Gasteiger partial charge in [0, 0.05) is 12.1 Å². The van der Waals surface area contributed by atoms with Crippen LogP contribution >= 0.6 is 0 Å². The fourth-order valence-corrected chi connectivity index (χ4v) is 3.07. The minimum Gasteiger partial charge on any atom is -0.495 e. The Morgan fingerprint density at radius 3 is 2.76 bits per heavy atom. The number of non-ortho nitro benzene ring substituents is 1. The van der Waals surface area contributed by atoms with Crippen LogP contribution in [0.4, 0.5) is 11.4 Å². The first-order valence-electron chi connectivity index (χ1n) is 9.23. The standard InChI is InChI=1S/C20H23N3O6/c1-13(20(24)21-16-10-14(23(25)26)8-9-17(16)27-3)22(2)11-15-12-28-18-6-4-5-7-19(18)29-15/h4-10,13,15H,11-12H2,1-3H3,(H,21,24)/p+1/t13-,15+/m0/s1. The second-order valence-corrected chi connectivity index (χ2v) is 6.90. The summed E-state index contributed by atoms with van der Waals surface area (Å²) in [4.78, 5) is 24.1. The summed E-state index contributed by atoms with van der Waals surface area (Å²) in [5, 5.41) is 13.7. The zero-order valence-corrected chi connectivity index (χ0v) is 16.5. The molecule has 29 heavy (non-hydrogen) atoms. The van der Waals surface area contributed by atoms with E-state index in [9.17, 15) is 14.9 Å². The number of hydrogen-bond acceptors (Lipinski definition) is 6. The number of nitrogens with one attached hydrogen (secondary N) is 2. The summed E-state index contributed by atoms with van der Waals surface area (Å²) in [6, 6.07) is 11.1. The highest BCUT2D eigenvalue weighted by Gasteiger charge is 2.29. The number of methoxy groups -OCH3 is 1. The summed E-state index contributed by atoms with van der Waals surface area (Å²) >= 11 is 0. The van der Waals surface area contributed by atoms with Crippen LogP contribution in [0.2, 0.25) is 0 Å². The van der Waals surface area contributed by atoms with Gasteiger partial charge in [-0.1, -0.05) is 12.1 Å². The number of carbonyl (C=O) groups excluding carboxylic acids is 1. The van der Waals surface area contributed by atoms with Gasteiger partial charge in [0.1, 0.15) is 18.9 Å². The monoisotopic (exact) mass is 402 g/mol. The quantitative estimate of drug-likeness (QED) is 0.534. The number of hydrogen-bond donors (Lipinski definition) is 2. The average Bonchev–Trinajstić information content (AvgIpc) is 2.72. The predicted molar refractivity (Wildman–Crippen MR) is 106 cm³/mol. The second kappa shape index (κ2) is 8.78. The first-order chi connectivity index (χ1) is 13.9. The van der Waals surface area contributed by atoms with Crippen LogP contribution in [0.1, 0.15) is 6.92 Å². The second-order valence-electron chi connectivity index (χ2n) is 6.90. The molecule has 2 N–H and O–H groups in total. The highest BCUT2D eigenvalue weighted by Crippen LogP contribution is 2.31. The average molecular weight is 402 g/mol. The number of benzene rings is 2. The minimum atomic E-state index is -0.520. The van der Waals surface area contributed by atoms with Gasteiger partial charge in [-0.05, 0) is 25.1 Å². The van der Waals surface area contributed by atoms with E-state index in [1.807, 2.05) is 31.3 Å². The number of anilines is 1. The summed E-state index contributed by atoms with van der Waals surface area (Å²) in [5.41, 5.74) is 0.137. The predicted octanol–water partition coefficient (Wildman–Crippen LogP) is 1.29. The van der Waals surface area contributed by atoms with Crippen LogP contribution in [0, 0.1) is 10.1 Å². The highest BCUT2D eigenvalue weighted by molar-refractivity contribution is 5.95. The zero-order valence-electron chi connectivity index (χ0n) is 16.5. The maximum Gasteiger partial charge on any atom is 0.282 e. The molecule has 0 radical (unpaired) electrons. The summed E-state index contributed by atoms with van der Waals surface area (Å²) in [7, 11) is 3.33. The van der Waals surface area contributed by atoms with E-state index in [1.165, 1.54) is 25.3 Å². The van der Waals surface area contributed by atoms with E-state index >= 15 is 0 Å². The van der Waals surface area contributed by atoms with Gasteiger partial charge >= 0.3 is 0 Å². The first kappa shape index (κ1) is 20.4. The van der Waals surface area contributed by atoms with Crippen molar-refractivity contribution >= 4 is 17.3 Å². The van der Waals surface area contributed by atoms with E-state index in [2.05, 4.69) is 5.32 Å². The Bertz CT molecular complexity index is 904. The number of nitrogens with zero attached hydrogens (tertiary/aromatic N) is 1. The molecule has 0 spiro atoms. The lowest BCUT2D eigenvalue weighted by atomic mass is 10.2. The summed E-state index contributed by atoms with van der Waals surface area (Å²) in [6.07, 6.45) is -0.188. The molecule has 1 heterocycles. The number of amides is 1. The Morgan fingerprint density at radius 2 is 2.07 bits per heavy atom. The van der Waals surface area contributed by atoms with E-state index < -0.39 is 11.0 Å². The molecule has 2 aromatic carbocycles. The molecule has 9 heteroatoms. The molecule has 1 unspecified atom stereocenters. The number of ether oxygens (including phenoxy) is 3. The lowest BCUT2D eigenvalue weighted by Gasteiger charge is -2.29. The Kier molecular flexibility index (Phi) is 6.18. The maximum absolute atomic E-state index is 12.7. The summed E-state index contributed by atoms with van der Waals surface area (Å²) in [5.74, 6) is 1.48. The Balaban J connectivity index is 1.63. The maximum atomic E-state index is 12.7. The van der Waals surface area contributed by atoms with Gasteiger partial charge in [0.25, 0.3) is 11.6 Å². The van der Waals surface area contributed by atoms with E-state index in [-0.39, 0.29) is 23.4 Å². The van der Waals surface area contributed by atoms with Crippen molar-refractivity contribution in [3.63, 3.8) is 0 Å². The van der Waals surface area contributed by atoms with Crippen LogP contribution in [-0.2, 0) is 4.79 Å². The molecule has 0 saturated heterocycles. The fraction of sp³-hybridized carbons (Fsp3) is 0.350. The number of rotatable bonds is 7. The van der Waals surface area contributed by atoms with Crippen molar-refractivity contribution in [2.75, 3.05) is 32.6 Å².